The summed E-state index contributed by atoms with van der Waals surface area (Å²) in [5.74, 6) is 0.104. The van der Waals surface area contributed by atoms with Gasteiger partial charge in [-0.15, -0.1) is 0 Å². The van der Waals surface area contributed by atoms with E-state index in [9.17, 15) is 4.39 Å². The monoisotopic (exact) mass is 200 g/mol. The number of nitrogens with zero attached hydrogens (tertiary/aromatic N) is 1. The molecule has 0 aromatic heterocycles. The molecule has 0 bridgehead atoms. The molecule has 2 nitrogen and oxygen atoms in total. The van der Waals surface area contributed by atoms with Crippen LogP contribution in [0.5, 0.6) is 0 Å². The third-order valence-corrected chi connectivity index (χ3v) is 1.84. The van der Waals surface area contributed by atoms with Crippen LogP contribution in [0.3, 0.4) is 0 Å². The molecule has 0 saturated heterocycles. The van der Waals surface area contributed by atoms with Crippen LogP contribution in [0, 0.1) is 5.82 Å². The minimum Gasteiger partial charge on any atom is -0.387 e. The summed E-state index contributed by atoms with van der Waals surface area (Å²) < 4.78 is 12.6. The van der Waals surface area contributed by atoms with Crippen LogP contribution >= 0.6 is 11.6 Å². The molecule has 1 aromatic carbocycles. The maximum absolute atomic E-state index is 12.6. The molecule has 0 aliphatic rings. The van der Waals surface area contributed by atoms with Crippen molar-refractivity contribution in [2.45, 2.75) is 13.3 Å². The van der Waals surface area contributed by atoms with Crippen LogP contribution < -0.4 is 5.73 Å². The van der Waals surface area contributed by atoms with Crippen LogP contribution in [0.15, 0.2) is 23.2 Å². The quantitative estimate of drug-likeness (QED) is 0.579. The highest BCUT2D eigenvalue weighted by molar-refractivity contribution is 6.33. The van der Waals surface area contributed by atoms with E-state index in [0.717, 1.165) is 0 Å². The highest BCUT2D eigenvalue weighted by Gasteiger charge is 2.00. The summed E-state index contributed by atoms with van der Waals surface area (Å²) in [7, 11) is 0. The summed E-state index contributed by atoms with van der Waals surface area (Å²) in [6, 6.07) is 4.01. The van der Waals surface area contributed by atoms with Gasteiger partial charge in [-0.2, -0.15) is 0 Å². The van der Waals surface area contributed by atoms with Gasteiger partial charge in [0.2, 0.25) is 0 Å². The van der Waals surface area contributed by atoms with Gasteiger partial charge in [-0.05, 0) is 18.2 Å². The van der Waals surface area contributed by atoms with Crippen molar-refractivity contribution >= 4 is 23.1 Å². The van der Waals surface area contributed by atoms with Crippen molar-refractivity contribution in [3.05, 3.63) is 29.0 Å². The Morgan fingerprint density at radius 3 is 2.85 bits per heavy atom. The van der Waals surface area contributed by atoms with Crippen LogP contribution in [-0.2, 0) is 0 Å². The number of aliphatic imine (C=N–C) groups is 1. The van der Waals surface area contributed by atoms with E-state index in [2.05, 4.69) is 4.99 Å². The summed E-state index contributed by atoms with van der Waals surface area (Å²) in [5.41, 5.74) is 6.01. The Morgan fingerprint density at radius 2 is 2.31 bits per heavy atom. The van der Waals surface area contributed by atoms with E-state index in [1.165, 1.54) is 18.2 Å². The molecule has 1 rings (SSSR count). The molecular formula is C9H10ClFN2. The van der Waals surface area contributed by atoms with Gasteiger partial charge in [-0.25, -0.2) is 9.38 Å². The Hall–Kier alpha value is -1.09. The number of amidine groups is 1. The first-order valence-electron chi connectivity index (χ1n) is 3.91. The zero-order chi connectivity index (χ0) is 9.84. The molecule has 0 aliphatic heterocycles. The van der Waals surface area contributed by atoms with E-state index in [-0.39, 0.29) is 10.8 Å². The number of hydrogen-bond acceptors (Lipinski definition) is 1. The molecule has 0 heterocycles. The summed E-state index contributed by atoms with van der Waals surface area (Å²) in [6.07, 6.45) is 0.647. The Balaban J connectivity index is 3.03. The first kappa shape index (κ1) is 9.99. The van der Waals surface area contributed by atoms with Gasteiger partial charge in [-0.1, -0.05) is 18.5 Å². The average molecular weight is 201 g/mol. The van der Waals surface area contributed by atoms with E-state index >= 15 is 0 Å². The second-order valence-corrected chi connectivity index (χ2v) is 2.96. The molecule has 1 aromatic rings. The summed E-state index contributed by atoms with van der Waals surface area (Å²) in [6.45, 7) is 1.89. The third-order valence-electron chi connectivity index (χ3n) is 1.54. The summed E-state index contributed by atoms with van der Waals surface area (Å²) in [4.78, 5) is 4.01. The molecule has 0 aliphatic carbocycles. The van der Waals surface area contributed by atoms with Crippen LogP contribution in [0.25, 0.3) is 0 Å². The Bertz CT molecular complexity index is 336. The van der Waals surface area contributed by atoms with Gasteiger partial charge in [0.15, 0.2) is 0 Å². The lowest BCUT2D eigenvalue weighted by molar-refractivity contribution is 0.628. The van der Waals surface area contributed by atoms with Crippen molar-refractivity contribution in [3.63, 3.8) is 0 Å². The molecule has 0 amide bonds. The number of rotatable bonds is 2. The third kappa shape index (κ3) is 2.70. The predicted octanol–water partition coefficient (Wildman–Crippen LogP) is 2.88. The van der Waals surface area contributed by atoms with Crippen LogP contribution in [0.4, 0.5) is 10.1 Å². The second-order valence-electron chi connectivity index (χ2n) is 2.55. The van der Waals surface area contributed by atoms with Gasteiger partial charge in [0.1, 0.15) is 5.82 Å². The van der Waals surface area contributed by atoms with Crippen molar-refractivity contribution in [1.82, 2.24) is 0 Å². The molecule has 4 heteroatoms. The Morgan fingerprint density at radius 1 is 1.62 bits per heavy atom. The first-order valence-corrected chi connectivity index (χ1v) is 4.29. The molecule has 2 N–H and O–H groups in total. The average Bonchev–Trinajstić information content (AvgIpc) is 2.09. The summed E-state index contributed by atoms with van der Waals surface area (Å²) >= 11 is 5.73. The standard InChI is InChI=1S/C9H10ClFN2/c1-2-9(12)13-8-4-3-6(11)5-7(8)10/h3-5H,2H2,1H3,(H2,12,13). The number of halogens is 2. The molecule has 0 unspecified atom stereocenters. The van der Waals surface area contributed by atoms with Crippen LogP contribution in [-0.4, -0.2) is 5.84 Å². The molecule has 0 saturated carbocycles. The fourth-order valence-corrected chi connectivity index (χ4v) is 1.02. The maximum atomic E-state index is 12.6. The van der Waals surface area contributed by atoms with Gasteiger partial charge in [0.25, 0.3) is 0 Å². The second kappa shape index (κ2) is 4.23. The van der Waals surface area contributed by atoms with Crippen molar-refractivity contribution in [1.29, 1.82) is 0 Å². The van der Waals surface area contributed by atoms with Gasteiger partial charge in [-0.3, -0.25) is 0 Å². The van der Waals surface area contributed by atoms with E-state index in [4.69, 9.17) is 17.3 Å². The van der Waals surface area contributed by atoms with Crippen molar-refractivity contribution in [2.75, 3.05) is 0 Å². The zero-order valence-electron chi connectivity index (χ0n) is 7.22. The molecule has 0 atom stereocenters. The predicted molar refractivity (Wildman–Crippen MR) is 53.0 cm³/mol. The largest absolute Gasteiger partial charge is 0.387 e. The maximum Gasteiger partial charge on any atom is 0.124 e. The fraction of sp³-hybridized carbons (Fsp3) is 0.222. The summed E-state index contributed by atoms with van der Waals surface area (Å²) in [5, 5.41) is 0.274. The molecule has 0 spiro atoms. The first-order chi connectivity index (χ1) is 6.13. The van der Waals surface area contributed by atoms with Gasteiger partial charge in [0.05, 0.1) is 16.5 Å². The zero-order valence-corrected chi connectivity index (χ0v) is 7.98. The van der Waals surface area contributed by atoms with Gasteiger partial charge < -0.3 is 5.73 Å². The lowest BCUT2D eigenvalue weighted by Gasteiger charge is -1.99. The smallest absolute Gasteiger partial charge is 0.124 e. The van der Waals surface area contributed by atoms with Crippen LogP contribution in [0.2, 0.25) is 5.02 Å². The SMILES string of the molecule is CCC(N)=Nc1ccc(F)cc1Cl. The molecule has 0 fully saturated rings. The fourth-order valence-electron chi connectivity index (χ4n) is 0.806. The van der Waals surface area contributed by atoms with Gasteiger partial charge >= 0.3 is 0 Å². The number of nitrogens with two attached hydrogens (primary N) is 1. The number of hydrogen-bond donors (Lipinski definition) is 1. The lowest BCUT2D eigenvalue weighted by atomic mass is 10.3. The Kier molecular flexibility index (Phi) is 3.25. The van der Waals surface area contributed by atoms with Crippen LogP contribution in [0.1, 0.15) is 13.3 Å². The van der Waals surface area contributed by atoms with E-state index < -0.39 is 0 Å². The molecular weight excluding hydrogens is 191 g/mol. The highest BCUT2D eigenvalue weighted by Crippen LogP contribution is 2.25. The topological polar surface area (TPSA) is 38.4 Å². The van der Waals surface area contributed by atoms with Crippen molar-refractivity contribution < 1.29 is 4.39 Å². The lowest BCUT2D eigenvalue weighted by Crippen LogP contribution is -2.08. The molecule has 13 heavy (non-hydrogen) atoms. The number of benzene rings is 1. The van der Waals surface area contributed by atoms with E-state index in [0.29, 0.717) is 17.9 Å². The minimum absolute atomic E-state index is 0.274. The highest BCUT2D eigenvalue weighted by atomic mass is 35.5. The normalized spacial score (nSPS) is 11.8. The van der Waals surface area contributed by atoms with Crippen molar-refractivity contribution in [2.24, 2.45) is 10.7 Å². The molecule has 70 valence electrons. The van der Waals surface area contributed by atoms with Crippen molar-refractivity contribution in [3.8, 4) is 0 Å². The van der Waals surface area contributed by atoms with E-state index in [1.54, 1.807) is 0 Å². The van der Waals surface area contributed by atoms with Gasteiger partial charge in [0, 0.05) is 6.42 Å². The molecule has 0 radical (unpaired) electrons. The Labute approximate surface area is 81.2 Å². The van der Waals surface area contributed by atoms with E-state index in [1.807, 2.05) is 6.92 Å². The minimum atomic E-state index is -0.376.